The number of methoxy groups -OCH3 is 1. The third kappa shape index (κ3) is 7.58. The molecule has 41 heavy (non-hydrogen) atoms. The zero-order valence-electron chi connectivity index (χ0n) is 22.7. The molecule has 0 saturated heterocycles. The summed E-state index contributed by atoms with van der Waals surface area (Å²) < 4.78 is 17.4. The van der Waals surface area contributed by atoms with Crippen molar-refractivity contribution >= 4 is 23.5 Å². The molecule has 5 aromatic rings. The largest absolute Gasteiger partial charge is 0.493 e. The van der Waals surface area contributed by atoms with Crippen LogP contribution in [0.4, 0.5) is 0 Å². The summed E-state index contributed by atoms with van der Waals surface area (Å²) in [6.07, 6.45) is 1.59. The van der Waals surface area contributed by atoms with Gasteiger partial charge in [-0.25, -0.2) is 10.4 Å². The monoisotopic (exact) mass is 563 g/mol. The highest BCUT2D eigenvalue weighted by Gasteiger charge is 2.08. The van der Waals surface area contributed by atoms with E-state index in [4.69, 9.17) is 14.2 Å². The zero-order chi connectivity index (χ0) is 28.4. The Hall–Kier alpha value is -4.95. The number of thiazole rings is 1. The minimum absolute atomic E-state index is 0.283. The normalized spacial score (nSPS) is 10.9. The molecule has 0 bridgehead atoms. The van der Waals surface area contributed by atoms with E-state index in [0.717, 1.165) is 33.0 Å². The maximum atomic E-state index is 12.5. The van der Waals surface area contributed by atoms with Gasteiger partial charge in [-0.05, 0) is 72.1 Å². The summed E-state index contributed by atoms with van der Waals surface area (Å²) in [6.45, 7) is 2.81. The van der Waals surface area contributed by atoms with Gasteiger partial charge in [0.05, 0.1) is 24.0 Å². The lowest BCUT2D eigenvalue weighted by atomic mass is 10.1. The van der Waals surface area contributed by atoms with E-state index in [1.165, 1.54) is 0 Å². The molecule has 0 aliphatic carbocycles. The number of hydrazone groups is 1. The molecule has 0 saturated carbocycles. The summed E-state index contributed by atoms with van der Waals surface area (Å²) in [5.74, 6) is 1.76. The van der Waals surface area contributed by atoms with Crippen LogP contribution in [0.25, 0.3) is 11.3 Å². The third-order valence-corrected chi connectivity index (χ3v) is 6.97. The number of amides is 1. The number of carbonyl (C=O) groups is 1. The van der Waals surface area contributed by atoms with Crippen LogP contribution in [0.2, 0.25) is 0 Å². The van der Waals surface area contributed by atoms with Crippen LogP contribution in [0.15, 0.2) is 108 Å². The Morgan fingerprint density at radius 2 is 1.63 bits per heavy atom. The second-order valence-corrected chi connectivity index (χ2v) is 10.2. The number of nitrogens with one attached hydrogen (secondary N) is 1. The van der Waals surface area contributed by atoms with Crippen LogP contribution in [-0.4, -0.2) is 24.2 Å². The maximum absolute atomic E-state index is 12.5. The minimum Gasteiger partial charge on any atom is -0.493 e. The van der Waals surface area contributed by atoms with Gasteiger partial charge >= 0.3 is 0 Å². The van der Waals surface area contributed by atoms with Gasteiger partial charge in [0.1, 0.15) is 19.0 Å². The molecular weight excluding hydrogens is 534 g/mol. The second-order valence-electron chi connectivity index (χ2n) is 9.15. The van der Waals surface area contributed by atoms with E-state index in [1.54, 1.807) is 36.8 Å². The number of rotatable bonds is 11. The van der Waals surface area contributed by atoms with Crippen molar-refractivity contribution in [2.75, 3.05) is 7.11 Å². The lowest BCUT2D eigenvalue weighted by Crippen LogP contribution is -2.17. The van der Waals surface area contributed by atoms with Crippen molar-refractivity contribution in [1.82, 2.24) is 10.4 Å². The summed E-state index contributed by atoms with van der Waals surface area (Å²) in [7, 11) is 1.62. The molecule has 4 aromatic carbocycles. The molecule has 0 aliphatic rings. The predicted octanol–water partition coefficient (Wildman–Crippen LogP) is 7.05. The first-order valence-corrected chi connectivity index (χ1v) is 13.9. The quantitative estimate of drug-likeness (QED) is 0.138. The van der Waals surface area contributed by atoms with Gasteiger partial charge in [0, 0.05) is 16.5 Å². The lowest BCUT2D eigenvalue weighted by Gasteiger charge is -2.13. The van der Waals surface area contributed by atoms with Crippen LogP contribution in [-0.2, 0) is 13.2 Å². The summed E-state index contributed by atoms with van der Waals surface area (Å²) in [4.78, 5) is 16.9. The molecule has 1 heterocycles. The molecule has 0 atom stereocenters. The summed E-state index contributed by atoms with van der Waals surface area (Å²) in [6, 6.07) is 30.5. The average molecular weight is 564 g/mol. The SMILES string of the molecule is COc1cc(COc2ccc(/C=N/NC(=O)c3ccc(-c4csc(C)n4)cc3)cc2)ccc1OCc1ccccc1. The van der Waals surface area contributed by atoms with Crippen molar-refractivity contribution < 1.29 is 19.0 Å². The molecular formula is C33H29N3O4S. The van der Waals surface area contributed by atoms with Crippen LogP contribution in [0, 0.1) is 6.92 Å². The smallest absolute Gasteiger partial charge is 0.271 e. The molecule has 8 heteroatoms. The first-order chi connectivity index (χ1) is 20.1. The van der Waals surface area contributed by atoms with E-state index in [0.29, 0.717) is 36.0 Å². The molecule has 5 rings (SSSR count). The van der Waals surface area contributed by atoms with Gasteiger partial charge in [0.2, 0.25) is 0 Å². The number of aromatic nitrogens is 1. The summed E-state index contributed by atoms with van der Waals surface area (Å²) >= 11 is 1.60. The van der Waals surface area contributed by atoms with Gasteiger partial charge in [-0.15, -0.1) is 11.3 Å². The summed E-state index contributed by atoms with van der Waals surface area (Å²) in [5, 5.41) is 7.09. The highest BCUT2D eigenvalue weighted by molar-refractivity contribution is 7.09. The van der Waals surface area contributed by atoms with E-state index in [1.807, 2.05) is 97.2 Å². The highest BCUT2D eigenvalue weighted by Crippen LogP contribution is 2.29. The van der Waals surface area contributed by atoms with E-state index in [9.17, 15) is 4.79 Å². The van der Waals surface area contributed by atoms with Gasteiger partial charge in [0.15, 0.2) is 11.5 Å². The molecule has 0 unspecified atom stereocenters. The molecule has 0 fully saturated rings. The molecule has 1 amide bonds. The van der Waals surface area contributed by atoms with Gasteiger partial charge in [0.25, 0.3) is 5.91 Å². The Bertz CT molecular complexity index is 1620. The van der Waals surface area contributed by atoms with Gasteiger partial charge in [-0.2, -0.15) is 5.10 Å². The van der Waals surface area contributed by atoms with Gasteiger partial charge < -0.3 is 14.2 Å². The van der Waals surface area contributed by atoms with Crippen molar-refractivity contribution in [3.05, 3.63) is 130 Å². The zero-order valence-corrected chi connectivity index (χ0v) is 23.6. The van der Waals surface area contributed by atoms with E-state index >= 15 is 0 Å². The third-order valence-electron chi connectivity index (χ3n) is 6.19. The lowest BCUT2D eigenvalue weighted by molar-refractivity contribution is 0.0955. The Balaban J connectivity index is 1.10. The van der Waals surface area contributed by atoms with Crippen LogP contribution in [0.3, 0.4) is 0 Å². The predicted molar refractivity (Wildman–Crippen MR) is 162 cm³/mol. The maximum Gasteiger partial charge on any atom is 0.271 e. The molecule has 7 nitrogen and oxygen atoms in total. The van der Waals surface area contributed by atoms with Gasteiger partial charge in [-0.1, -0.05) is 48.5 Å². The second kappa shape index (κ2) is 13.4. The Morgan fingerprint density at radius 1 is 0.878 bits per heavy atom. The van der Waals surface area contributed by atoms with Crippen molar-refractivity contribution in [3.63, 3.8) is 0 Å². The number of ether oxygens (including phenoxy) is 3. The summed E-state index contributed by atoms with van der Waals surface area (Å²) in [5.41, 5.74) is 7.84. The number of hydrogen-bond donors (Lipinski definition) is 1. The van der Waals surface area contributed by atoms with Crippen LogP contribution in [0.5, 0.6) is 17.2 Å². The average Bonchev–Trinajstić information content (AvgIpc) is 3.46. The Morgan fingerprint density at radius 3 is 2.34 bits per heavy atom. The molecule has 0 aliphatic heterocycles. The fourth-order valence-electron chi connectivity index (χ4n) is 3.99. The van der Waals surface area contributed by atoms with Crippen molar-refractivity contribution in [2.45, 2.75) is 20.1 Å². The van der Waals surface area contributed by atoms with E-state index in [2.05, 4.69) is 15.5 Å². The molecule has 206 valence electrons. The Labute approximate surface area is 243 Å². The van der Waals surface area contributed by atoms with Crippen LogP contribution < -0.4 is 19.6 Å². The number of hydrogen-bond acceptors (Lipinski definition) is 7. The minimum atomic E-state index is -0.283. The first-order valence-electron chi connectivity index (χ1n) is 13.0. The van der Waals surface area contributed by atoms with E-state index < -0.39 is 0 Å². The first kappa shape index (κ1) is 27.6. The fraction of sp³-hybridized carbons (Fsp3) is 0.121. The Kier molecular flexibility index (Phi) is 9.03. The topological polar surface area (TPSA) is 82.0 Å². The van der Waals surface area contributed by atoms with Crippen molar-refractivity contribution in [2.24, 2.45) is 5.10 Å². The van der Waals surface area contributed by atoms with Crippen molar-refractivity contribution in [1.29, 1.82) is 0 Å². The fourth-order valence-corrected chi connectivity index (χ4v) is 4.61. The number of aryl methyl sites for hydroxylation is 1. The van der Waals surface area contributed by atoms with Crippen molar-refractivity contribution in [3.8, 4) is 28.5 Å². The molecule has 0 radical (unpaired) electrons. The molecule has 1 aromatic heterocycles. The standard InChI is InChI=1S/C33H29N3O4S/c1-23-35-30(22-41-23)27-11-13-28(14-12-27)33(37)36-34-19-24-8-15-29(16-9-24)39-21-26-10-17-31(32(18-26)38-2)40-20-25-6-4-3-5-7-25/h3-19,22H,20-21H2,1-2H3,(H,36,37)/b34-19+. The van der Waals surface area contributed by atoms with Crippen LogP contribution in [0.1, 0.15) is 32.1 Å². The van der Waals surface area contributed by atoms with E-state index in [-0.39, 0.29) is 5.91 Å². The molecule has 0 spiro atoms. The highest BCUT2D eigenvalue weighted by atomic mass is 32.1. The number of benzene rings is 4. The van der Waals surface area contributed by atoms with Gasteiger partial charge in [-0.3, -0.25) is 4.79 Å². The number of nitrogens with zero attached hydrogens (tertiary/aromatic N) is 2. The number of carbonyl (C=O) groups excluding carboxylic acids is 1. The van der Waals surface area contributed by atoms with Crippen LogP contribution >= 0.6 is 11.3 Å². The molecule has 1 N–H and O–H groups in total.